The van der Waals surface area contributed by atoms with Crippen LogP contribution in [0, 0.1) is 28.6 Å². The molecule has 0 heterocycles. The second kappa shape index (κ2) is 7.67. The highest BCUT2D eigenvalue weighted by Crippen LogP contribution is 2.78. The minimum absolute atomic E-state index is 0.00576. The van der Waals surface area contributed by atoms with Crippen LogP contribution in [0.2, 0.25) is 5.02 Å². The van der Waals surface area contributed by atoms with Crippen LogP contribution in [0.15, 0.2) is 30.9 Å². The lowest BCUT2D eigenvalue weighted by Gasteiger charge is -2.49. The van der Waals surface area contributed by atoms with Crippen molar-refractivity contribution in [2.24, 2.45) is 28.6 Å². The van der Waals surface area contributed by atoms with Gasteiger partial charge in [0.1, 0.15) is 0 Å². The van der Waals surface area contributed by atoms with Crippen molar-refractivity contribution in [3.8, 4) is 0 Å². The Morgan fingerprint density at radius 1 is 1.30 bits per heavy atom. The van der Waals surface area contributed by atoms with Crippen molar-refractivity contribution in [3.05, 3.63) is 47.0 Å². The molecule has 0 aliphatic heterocycles. The van der Waals surface area contributed by atoms with Crippen molar-refractivity contribution in [3.63, 3.8) is 0 Å². The van der Waals surface area contributed by atoms with Crippen molar-refractivity contribution >= 4 is 17.5 Å². The number of amides is 1. The molecule has 4 saturated carbocycles. The number of fused-ring (bicyclic) bond motifs is 2. The Balaban J connectivity index is 1.20. The molecule has 4 fully saturated rings. The van der Waals surface area contributed by atoms with Gasteiger partial charge in [0.05, 0.1) is 10.6 Å². The van der Waals surface area contributed by atoms with Gasteiger partial charge in [0.2, 0.25) is 0 Å². The standard InChI is InChI=1S/C26H35ClN2O/c1-3-8-29(2)9-4-5-18-6-7-23(27)22(11-18)24(30)28-17-25-13-19-10-20-12-21(15-25)26(20,14-19)16-25/h3,6-7,11,19-21H,1,4-5,8-10,12-17H2,2H3,(H,28,30). The molecule has 1 spiro atoms. The summed E-state index contributed by atoms with van der Waals surface area (Å²) in [7, 11) is 2.11. The molecule has 5 unspecified atom stereocenters. The minimum Gasteiger partial charge on any atom is -0.351 e. The third-order valence-corrected chi connectivity index (χ3v) is 9.26. The second-order valence-corrected chi connectivity index (χ2v) is 11.3. The van der Waals surface area contributed by atoms with E-state index in [-0.39, 0.29) is 5.91 Å². The zero-order valence-electron chi connectivity index (χ0n) is 18.3. The van der Waals surface area contributed by atoms with Crippen molar-refractivity contribution in [2.45, 2.75) is 51.4 Å². The Kier molecular flexibility index (Phi) is 5.26. The molecule has 1 N–H and O–H groups in total. The zero-order valence-corrected chi connectivity index (χ0v) is 19.0. The molecule has 0 aromatic heterocycles. The van der Waals surface area contributed by atoms with E-state index in [1.54, 1.807) is 0 Å². The summed E-state index contributed by atoms with van der Waals surface area (Å²) in [5, 5.41) is 3.87. The number of hydrogen-bond donors (Lipinski definition) is 1. The Bertz CT molecular complexity index is 849. The normalized spacial score (nSPS) is 35.4. The van der Waals surface area contributed by atoms with Crippen LogP contribution in [0.25, 0.3) is 0 Å². The molecule has 3 nitrogen and oxygen atoms in total. The summed E-state index contributed by atoms with van der Waals surface area (Å²) >= 11 is 6.42. The van der Waals surface area contributed by atoms with Crippen LogP contribution < -0.4 is 5.32 Å². The maximum Gasteiger partial charge on any atom is 0.252 e. The van der Waals surface area contributed by atoms with Crippen LogP contribution in [0.1, 0.15) is 60.9 Å². The monoisotopic (exact) mass is 426 g/mol. The largest absolute Gasteiger partial charge is 0.351 e. The van der Waals surface area contributed by atoms with Crippen molar-refractivity contribution < 1.29 is 4.79 Å². The van der Waals surface area contributed by atoms with E-state index in [4.69, 9.17) is 11.6 Å². The molecule has 4 aliphatic rings. The molecule has 30 heavy (non-hydrogen) atoms. The van der Waals surface area contributed by atoms with Crippen LogP contribution in [0.5, 0.6) is 0 Å². The van der Waals surface area contributed by atoms with Gasteiger partial charge in [-0.25, -0.2) is 0 Å². The molecular weight excluding hydrogens is 392 g/mol. The highest BCUT2D eigenvalue weighted by molar-refractivity contribution is 6.33. The number of likely N-dealkylation sites (N-methyl/N-ethyl adjacent to an activating group) is 1. The summed E-state index contributed by atoms with van der Waals surface area (Å²) in [6.07, 6.45) is 12.4. The number of halogens is 1. The summed E-state index contributed by atoms with van der Waals surface area (Å²) < 4.78 is 0. The quantitative estimate of drug-likeness (QED) is 0.541. The first kappa shape index (κ1) is 20.6. The van der Waals surface area contributed by atoms with Gasteiger partial charge in [-0.15, -0.1) is 6.58 Å². The Morgan fingerprint density at radius 2 is 2.17 bits per heavy atom. The van der Waals surface area contributed by atoms with E-state index < -0.39 is 0 Å². The number of hydrogen-bond acceptors (Lipinski definition) is 2. The lowest BCUT2D eigenvalue weighted by molar-refractivity contribution is -0.00253. The third kappa shape index (κ3) is 3.42. The van der Waals surface area contributed by atoms with E-state index in [9.17, 15) is 4.79 Å². The molecule has 1 aromatic rings. The minimum atomic E-state index is 0.00576. The van der Waals surface area contributed by atoms with Gasteiger partial charge in [0.25, 0.3) is 5.91 Å². The van der Waals surface area contributed by atoms with Crippen molar-refractivity contribution in [1.82, 2.24) is 10.2 Å². The summed E-state index contributed by atoms with van der Waals surface area (Å²) in [4.78, 5) is 15.3. The van der Waals surface area contributed by atoms with Crippen LogP contribution in [-0.4, -0.2) is 37.5 Å². The fraction of sp³-hybridized carbons (Fsp3) is 0.654. The first-order chi connectivity index (χ1) is 14.4. The van der Waals surface area contributed by atoms with Crippen molar-refractivity contribution in [1.29, 1.82) is 0 Å². The van der Waals surface area contributed by atoms with Gasteiger partial charge in [-0.3, -0.25) is 4.79 Å². The molecular formula is C26H35ClN2O. The topological polar surface area (TPSA) is 32.3 Å². The summed E-state index contributed by atoms with van der Waals surface area (Å²) in [5.41, 5.74) is 2.85. The Morgan fingerprint density at radius 3 is 3.00 bits per heavy atom. The number of carbonyl (C=O) groups excluding carboxylic acids is 1. The van der Waals surface area contributed by atoms with E-state index in [0.29, 0.717) is 21.4 Å². The Hall–Kier alpha value is -1.32. The number of rotatable bonds is 9. The third-order valence-electron chi connectivity index (χ3n) is 8.93. The van der Waals surface area contributed by atoms with Crippen LogP contribution in [-0.2, 0) is 6.42 Å². The predicted molar refractivity (Wildman–Crippen MR) is 123 cm³/mol. The van der Waals surface area contributed by atoms with Gasteiger partial charge in [-0.05, 0) is 111 Å². The molecule has 162 valence electrons. The second-order valence-electron chi connectivity index (χ2n) is 10.9. The average molecular weight is 427 g/mol. The SMILES string of the molecule is C=CCN(C)CCCc1ccc(Cl)c(C(=O)NCC23CC4CC5CC(C2)C5(C4)C3)c1. The molecule has 3 bridgehead atoms. The average Bonchev–Trinajstić information content (AvgIpc) is 3.03. The molecule has 5 rings (SSSR count). The van der Waals surface area contributed by atoms with Gasteiger partial charge in [0.15, 0.2) is 0 Å². The molecule has 0 radical (unpaired) electrons. The van der Waals surface area contributed by atoms with Crippen molar-refractivity contribution in [2.75, 3.05) is 26.7 Å². The van der Waals surface area contributed by atoms with E-state index in [2.05, 4.69) is 29.9 Å². The molecule has 1 amide bonds. The van der Waals surface area contributed by atoms with E-state index in [1.165, 1.54) is 44.1 Å². The summed E-state index contributed by atoms with van der Waals surface area (Å²) in [6, 6.07) is 5.94. The summed E-state index contributed by atoms with van der Waals surface area (Å²) in [6.45, 7) is 6.54. The number of carbonyl (C=O) groups is 1. The number of nitrogens with zero attached hydrogens (tertiary/aromatic N) is 1. The van der Waals surface area contributed by atoms with E-state index in [1.807, 2.05) is 18.2 Å². The van der Waals surface area contributed by atoms with Crippen LogP contribution >= 0.6 is 11.6 Å². The lowest BCUT2D eigenvalue weighted by atomic mass is 9.55. The number of benzene rings is 1. The molecule has 5 atom stereocenters. The van der Waals surface area contributed by atoms with E-state index in [0.717, 1.165) is 50.2 Å². The number of nitrogens with one attached hydrogen (secondary N) is 1. The smallest absolute Gasteiger partial charge is 0.252 e. The fourth-order valence-electron chi connectivity index (χ4n) is 7.87. The van der Waals surface area contributed by atoms with Gasteiger partial charge >= 0.3 is 0 Å². The molecule has 1 aromatic carbocycles. The van der Waals surface area contributed by atoms with Gasteiger partial charge in [-0.2, -0.15) is 0 Å². The first-order valence-corrected chi connectivity index (χ1v) is 12.2. The van der Waals surface area contributed by atoms with Crippen LogP contribution in [0.4, 0.5) is 0 Å². The highest BCUT2D eigenvalue weighted by atomic mass is 35.5. The predicted octanol–water partition coefficient (Wildman–Crippen LogP) is 5.34. The van der Waals surface area contributed by atoms with E-state index >= 15 is 0 Å². The zero-order chi connectivity index (χ0) is 20.9. The highest BCUT2D eigenvalue weighted by Gasteiger charge is 2.70. The maximum absolute atomic E-state index is 13.1. The van der Waals surface area contributed by atoms with Gasteiger partial charge < -0.3 is 10.2 Å². The molecule has 4 heteroatoms. The lowest BCUT2D eigenvalue weighted by Crippen LogP contribution is -2.43. The molecule has 0 saturated heterocycles. The maximum atomic E-state index is 13.1. The first-order valence-electron chi connectivity index (χ1n) is 11.8. The molecule has 4 aliphatic carbocycles. The summed E-state index contributed by atoms with van der Waals surface area (Å²) in [5.74, 6) is 2.87. The van der Waals surface area contributed by atoms with Crippen LogP contribution in [0.3, 0.4) is 0 Å². The number of aryl methyl sites for hydroxylation is 1. The van der Waals surface area contributed by atoms with Gasteiger partial charge in [0, 0.05) is 13.1 Å². The van der Waals surface area contributed by atoms with Gasteiger partial charge in [-0.1, -0.05) is 23.7 Å². The Labute approximate surface area is 186 Å². The fourth-order valence-corrected chi connectivity index (χ4v) is 8.08.